The second kappa shape index (κ2) is 9.92. The van der Waals surface area contributed by atoms with Crippen LogP contribution in [0, 0.1) is 0 Å². The summed E-state index contributed by atoms with van der Waals surface area (Å²) in [6.07, 6.45) is 3.98. The maximum atomic E-state index is 6.00. The van der Waals surface area contributed by atoms with E-state index in [4.69, 9.17) is 15.6 Å². The standard InChI is InChI=1S/C28H30N4O/c29-24-13-9-23(10-14-24)28-21-27(30-32(28)25-7-3-1-4-8-25)22-11-15-26(16-12-22)33-20-19-31-17-5-2-6-18-31/h1,3-4,7-16,21H,2,5-6,17-20,29H2. The Morgan fingerprint density at radius 1 is 0.788 bits per heavy atom. The van der Waals surface area contributed by atoms with Crippen LogP contribution in [0.15, 0.2) is 84.9 Å². The fraction of sp³-hybridized carbons (Fsp3) is 0.250. The summed E-state index contributed by atoms with van der Waals surface area (Å²) >= 11 is 0. The Morgan fingerprint density at radius 2 is 1.48 bits per heavy atom. The summed E-state index contributed by atoms with van der Waals surface area (Å²) in [6.45, 7) is 4.11. The molecule has 5 heteroatoms. The Bertz CT molecular complexity index is 1160. The van der Waals surface area contributed by atoms with Gasteiger partial charge in [0.1, 0.15) is 12.4 Å². The highest BCUT2D eigenvalue weighted by atomic mass is 16.5. The van der Waals surface area contributed by atoms with Gasteiger partial charge in [-0.15, -0.1) is 0 Å². The Morgan fingerprint density at radius 3 is 2.21 bits per heavy atom. The van der Waals surface area contributed by atoms with Gasteiger partial charge >= 0.3 is 0 Å². The molecule has 33 heavy (non-hydrogen) atoms. The van der Waals surface area contributed by atoms with Gasteiger partial charge in [-0.1, -0.05) is 36.8 Å². The molecule has 0 radical (unpaired) electrons. The van der Waals surface area contributed by atoms with E-state index in [0.29, 0.717) is 0 Å². The zero-order valence-corrected chi connectivity index (χ0v) is 18.9. The number of piperidine rings is 1. The molecule has 1 aliphatic rings. The molecular formula is C28H30N4O. The van der Waals surface area contributed by atoms with Crippen molar-refractivity contribution < 1.29 is 4.74 Å². The number of benzene rings is 3. The lowest BCUT2D eigenvalue weighted by molar-refractivity contribution is 0.183. The summed E-state index contributed by atoms with van der Waals surface area (Å²) in [5.41, 5.74) is 11.8. The number of hydrogen-bond donors (Lipinski definition) is 1. The monoisotopic (exact) mass is 438 g/mol. The Kier molecular flexibility index (Phi) is 6.40. The maximum Gasteiger partial charge on any atom is 0.119 e. The van der Waals surface area contributed by atoms with Gasteiger partial charge in [-0.05, 0) is 80.5 Å². The van der Waals surface area contributed by atoms with Gasteiger partial charge in [-0.2, -0.15) is 5.10 Å². The van der Waals surface area contributed by atoms with Crippen LogP contribution in [0.4, 0.5) is 5.69 Å². The first-order valence-corrected chi connectivity index (χ1v) is 11.7. The second-order valence-corrected chi connectivity index (χ2v) is 8.56. The van der Waals surface area contributed by atoms with Crippen LogP contribution in [0.3, 0.4) is 0 Å². The molecule has 2 heterocycles. The highest BCUT2D eigenvalue weighted by Gasteiger charge is 2.14. The molecule has 1 aliphatic heterocycles. The molecule has 2 N–H and O–H groups in total. The summed E-state index contributed by atoms with van der Waals surface area (Å²) in [7, 11) is 0. The van der Waals surface area contributed by atoms with Crippen LogP contribution in [0.1, 0.15) is 19.3 Å². The van der Waals surface area contributed by atoms with Crippen molar-refractivity contribution in [3.63, 3.8) is 0 Å². The van der Waals surface area contributed by atoms with E-state index in [0.717, 1.165) is 52.8 Å². The van der Waals surface area contributed by atoms with Crippen molar-refractivity contribution >= 4 is 5.69 Å². The molecular weight excluding hydrogens is 408 g/mol. The number of anilines is 1. The number of rotatable bonds is 7. The smallest absolute Gasteiger partial charge is 0.119 e. The number of nitrogen functional groups attached to an aromatic ring is 1. The first kappa shape index (κ1) is 21.3. The topological polar surface area (TPSA) is 56.3 Å². The quantitative estimate of drug-likeness (QED) is 0.379. The lowest BCUT2D eigenvalue weighted by atomic mass is 10.1. The fourth-order valence-electron chi connectivity index (χ4n) is 4.35. The number of likely N-dealkylation sites (tertiary alicyclic amines) is 1. The van der Waals surface area contributed by atoms with E-state index in [-0.39, 0.29) is 0 Å². The Hall–Kier alpha value is -3.57. The van der Waals surface area contributed by atoms with Crippen LogP contribution in [-0.2, 0) is 0 Å². The van der Waals surface area contributed by atoms with E-state index in [1.54, 1.807) is 0 Å². The van der Waals surface area contributed by atoms with Crippen molar-refractivity contribution in [2.45, 2.75) is 19.3 Å². The fourth-order valence-corrected chi connectivity index (χ4v) is 4.35. The molecule has 5 rings (SSSR count). The van der Waals surface area contributed by atoms with E-state index >= 15 is 0 Å². The molecule has 5 nitrogen and oxygen atoms in total. The van der Waals surface area contributed by atoms with Crippen LogP contribution in [0.5, 0.6) is 5.75 Å². The first-order chi connectivity index (χ1) is 16.3. The highest BCUT2D eigenvalue weighted by Crippen LogP contribution is 2.30. The van der Waals surface area contributed by atoms with Gasteiger partial charge in [0.25, 0.3) is 0 Å². The van der Waals surface area contributed by atoms with Crippen LogP contribution < -0.4 is 10.5 Å². The van der Waals surface area contributed by atoms with Gasteiger partial charge in [0.05, 0.1) is 17.1 Å². The summed E-state index contributed by atoms with van der Waals surface area (Å²) in [6, 6.07) is 28.5. The van der Waals surface area contributed by atoms with Gasteiger partial charge in [-0.3, -0.25) is 4.90 Å². The Labute approximate surface area is 195 Å². The molecule has 0 spiro atoms. The number of hydrogen-bond acceptors (Lipinski definition) is 4. The third-order valence-corrected chi connectivity index (χ3v) is 6.19. The predicted octanol–water partition coefficient (Wildman–Crippen LogP) is 5.65. The molecule has 0 saturated carbocycles. The van der Waals surface area contributed by atoms with E-state index in [1.165, 1.54) is 32.4 Å². The number of para-hydroxylation sites is 1. The number of nitrogens with zero attached hydrogens (tertiary/aromatic N) is 3. The van der Waals surface area contributed by atoms with Crippen molar-refractivity contribution in [1.82, 2.24) is 14.7 Å². The molecule has 3 aromatic carbocycles. The predicted molar refractivity (Wildman–Crippen MR) is 135 cm³/mol. The minimum atomic E-state index is 0.725. The molecule has 0 atom stereocenters. The van der Waals surface area contributed by atoms with E-state index in [1.807, 2.05) is 59.3 Å². The highest BCUT2D eigenvalue weighted by molar-refractivity contribution is 5.71. The summed E-state index contributed by atoms with van der Waals surface area (Å²) in [4.78, 5) is 2.49. The van der Waals surface area contributed by atoms with Gasteiger partial charge in [0.15, 0.2) is 0 Å². The van der Waals surface area contributed by atoms with Crippen LogP contribution in [0.2, 0.25) is 0 Å². The van der Waals surface area contributed by atoms with Gasteiger partial charge < -0.3 is 10.5 Å². The van der Waals surface area contributed by atoms with Gasteiger partial charge in [-0.25, -0.2) is 4.68 Å². The third kappa shape index (κ3) is 5.10. The molecule has 0 bridgehead atoms. The van der Waals surface area contributed by atoms with Crippen molar-refractivity contribution in [2.75, 3.05) is 32.0 Å². The molecule has 0 aliphatic carbocycles. The molecule has 4 aromatic rings. The lowest BCUT2D eigenvalue weighted by Gasteiger charge is -2.26. The Balaban J connectivity index is 1.35. The molecule has 0 unspecified atom stereocenters. The minimum absolute atomic E-state index is 0.725. The SMILES string of the molecule is Nc1ccc(-c2cc(-c3ccc(OCCN4CCCCC4)cc3)nn2-c2ccccc2)cc1. The summed E-state index contributed by atoms with van der Waals surface area (Å²) in [5.74, 6) is 0.900. The zero-order chi connectivity index (χ0) is 22.5. The average Bonchev–Trinajstić information content (AvgIpc) is 3.32. The van der Waals surface area contributed by atoms with Crippen LogP contribution in [-0.4, -0.2) is 40.9 Å². The summed E-state index contributed by atoms with van der Waals surface area (Å²) < 4.78 is 7.99. The van der Waals surface area contributed by atoms with Crippen molar-refractivity contribution in [3.05, 3.63) is 84.9 Å². The number of ether oxygens (including phenoxy) is 1. The maximum absolute atomic E-state index is 6.00. The van der Waals surface area contributed by atoms with Gasteiger partial charge in [0.2, 0.25) is 0 Å². The zero-order valence-electron chi connectivity index (χ0n) is 18.9. The molecule has 168 valence electrons. The largest absolute Gasteiger partial charge is 0.492 e. The minimum Gasteiger partial charge on any atom is -0.492 e. The second-order valence-electron chi connectivity index (χ2n) is 8.56. The number of nitrogens with two attached hydrogens (primary N) is 1. The molecule has 0 amide bonds. The molecule has 1 saturated heterocycles. The van der Waals surface area contributed by atoms with E-state index < -0.39 is 0 Å². The summed E-state index contributed by atoms with van der Waals surface area (Å²) in [5, 5.41) is 4.94. The van der Waals surface area contributed by atoms with E-state index in [9.17, 15) is 0 Å². The van der Waals surface area contributed by atoms with Crippen molar-refractivity contribution in [2.24, 2.45) is 0 Å². The van der Waals surface area contributed by atoms with E-state index in [2.05, 4.69) is 35.2 Å². The molecule has 1 fully saturated rings. The van der Waals surface area contributed by atoms with Crippen molar-refractivity contribution in [1.29, 1.82) is 0 Å². The van der Waals surface area contributed by atoms with Gasteiger partial charge in [0, 0.05) is 23.4 Å². The lowest BCUT2D eigenvalue weighted by Crippen LogP contribution is -2.33. The number of aromatic nitrogens is 2. The molecule has 1 aromatic heterocycles. The first-order valence-electron chi connectivity index (χ1n) is 11.7. The average molecular weight is 439 g/mol. The van der Waals surface area contributed by atoms with Crippen molar-refractivity contribution in [3.8, 4) is 34.0 Å². The van der Waals surface area contributed by atoms with Crippen LogP contribution in [0.25, 0.3) is 28.2 Å². The normalized spacial score (nSPS) is 14.3. The van der Waals surface area contributed by atoms with Crippen LogP contribution >= 0.6 is 0 Å². The third-order valence-electron chi connectivity index (χ3n) is 6.19.